The van der Waals surface area contributed by atoms with Crippen LogP contribution in [0.3, 0.4) is 0 Å². The summed E-state index contributed by atoms with van der Waals surface area (Å²) in [6, 6.07) is 15.4. The second-order valence-corrected chi connectivity index (χ2v) is 8.42. The van der Waals surface area contributed by atoms with Crippen LogP contribution in [0.15, 0.2) is 53.9 Å². The van der Waals surface area contributed by atoms with Gasteiger partial charge in [0.05, 0.1) is 16.4 Å². The van der Waals surface area contributed by atoms with Gasteiger partial charge < -0.3 is 16.0 Å². The van der Waals surface area contributed by atoms with Crippen LogP contribution in [0.5, 0.6) is 0 Å². The number of anilines is 3. The first-order valence-electron chi connectivity index (χ1n) is 9.82. The molecular formula is C22H23ClN4OS. The molecule has 1 fully saturated rings. The van der Waals surface area contributed by atoms with Crippen LogP contribution in [0, 0.1) is 0 Å². The highest BCUT2D eigenvalue weighted by atomic mass is 35.5. The van der Waals surface area contributed by atoms with Crippen molar-refractivity contribution in [3.63, 3.8) is 0 Å². The molecule has 150 valence electrons. The van der Waals surface area contributed by atoms with E-state index in [0.29, 0.717) is 5.02 Å². The topological polar surface area (TPSA) is 66.0 Å². The fourth-order valence-electron chi connectivity index (χ4n) is 3.50. The molecule has 0 atom stereocenters. The van der Waals surface area contributed by atoms with Gasteiger partial charge >= 0.3 is 6.03 Å². The molecule has 1 saturated carbocycles. The number of rotatable bonds is 5. The zero-order chi connectivity index (χ0) is 20.1. The van der Waals surface area contributed by atoms with Crippen molar-refractivity contribution in [3.05, 3.63) is 58.9 Å². The third-order valence-electron chi connectivity index (χ3n) is 4.98. The Bertz CT molecular complexity index is 984. The van der Waals surface area contributed by atoms with Crippen molar-refractivity contribution in [1.82, 2.24) is 10.3 Å². The SMILES string of the molecule is O=C(Nc1cccc(-c2csc(Nc3ccccc3Cl)n2)c1)NC1CCCCC1. The van der Waals surface area contributed by atoms with E-state index >= 15 is 0 Å². The number of benzene rings is 2. The van der Waals surface area contributed by atoms with Crippen LogP contribution >= 0.6 is 22.9 Å². The molecule has 2 amide bonds. The molecule has 5 nitrogen and oxygen atoms in total. The van der Waals surface area contributed by atoms with E-state index in [2.05, 4.69) is 20.9 Å². The molecule has 7 heteroatoms. The number of aromatic nitrogens is 1. The zero-order valence-electron chi connectivity index (χ0n) is 16.0. The lowest BCUT2D eigenvalue weighted by Gasteiger charge is -2.22. The lowest BCUT2D eigenvalue weighted by Crippen LogP contribution is -2.39. The molecule has 0 spiro atoms. The summed E-state index contributed by atoms with van der Waals surface area (Å²) >= 11 is 7.72. The van der Waals surface area contributed by atoms with Crippen LogP contribution in [0.2, 0.25) is 5.02 Å². The number of urea groups is 1. The Morgan fingerprint density at radius 3 is 2.72 bits per heavy atom. The van der Waals surface area contributed by atoms with Crippen molar-refractivity contribution in [2.45, 2.75) is 38.1 Å². The second kappa shape index (κ2) is 9.29. The van der Waals surface area contributed by atoms with Gasteiger partial charge in [-0.05, 0) is 37.1 Å². The summed E-state index contributed by atoms with van der Waals surface area (Å²) in [7, 11) is 0. The Balaban J connectivity index is 1.41. The number of carbonyl (C=O) groups is 1. The van der Waals surface area contributed by atoms with Crippen LogP contribution in [-0.2, 0) is 0 Å². The van der Waals surface area contributed by atoms with Crippen LogP contribution in [-0.4, -0.2) is 17.1 Å². The monoisotopic (exact) mass is 426 g/mol. The van der Waals surface area contributed by atoms with E-state index in [9.17, 15) is 4.79 Å². The quantitative estimate of drug-likeness (QED) is 0.427. The summed E-state index contributed by atoms with van der Waals surface area (Å²) in [5.41, 5.74) is 3.37. The van der Waals surface area contributed by atoms with Gasteiger partial charge in [-0.2, -0.15) is 0 Å². The summed E-state index contributed by atoms with van der Waals surface area (Å²) in [6.45, 7) is 0. The first-order valence-corrected chi connectivity index (χ1v) is 11.1. The fourth-order valence-corrected chi connectivity index (χ4v) is 4.41. The summed E-state index contributed by atoms with van der Waals surface area (Å²) in [5, 5.41) is 12.7. The number of para-hydroxylation sites is 1. The minimum atomic E-state index is -0.145. The highest BCUT2D eigenvalue weighted by Gasteiger charge is 2.16. The second-order valence-electron chi connectivity index (χ2n) is 7.16. The van der Waals surface area contributed by atoms with E-state index in [0.717, 1.165) is 40.6 Å². The third kappa shape index (κ3) is 5.28. The molecule has 0 radical (unpaired) electrons. The molecule has 1 aliphatic carbocycles. The molecule has 0 bridgehead atoms. The first kappa shape index (κ1) is 19.7. The predicted molar refractivity (Wildman–Crippen MR) is 121 cm³/mol. The van der Waals surface area contributed by atoms with Gasteiger partial charge in [-0.25, -0.2) is 9.78 Å². The number of nitrogens with zero attached hydrogens (tertiary/aromatic N) is 1. The number of hydrogen-bond donors (Lipinski definition) is 3. The first-order chi connectivity index (χ1) is 14.2. The van der Waals surface area contributed by atoms with E-state index in [1.807, 2.05) is 53.9 Å². The van der Waals surface area contributed by atoms with Crippen molar-refractivity contribution in [2.75, 3.05) is 10.6 Å². The summed E-state index contributed by atoms with van der Waals surface area (Å²) in [5.74, 6) is 0. The van der Waals surface area contributed by atoms with Crippen molar-refractivity contribution in [2.24, 2.45) is 0 Å². The minimum absolute atomic E-state index is 0.145. The molecule has 0 aliphatic heterocycles. The lowest BCUT2D eigenvalue weighted by atomic mass is 9.96. The number of thiazole rings is 1. The highest BCUT2D eigenvalue weighted by molar-refractivity contribution is 7.14. The minimum Gasteiger partial charge on any atom is -0.335 e. The van der Waals surface area contributed by atoms with E-state index in [-0.39, 0.29) is 12.1 Å². The fraction of sp³-hybridized carbons (Fsp3) is 0.273. The third-order valence-corrected chi connectivity index (χ3v) is 6.06. The molecule has 4 rings (SSSR count). The van der Waals surface area contributed by atoms with Gasteiger partial charge in [0, 0.05) is 22.7 Å². The summed E-state index contributed by atoms with van der Waals surface area (Å²) in [6.07, 6.45) is 5.77. The van der Waals surface area contributed by atoms with Crippen molar-refractivity contribution in [3.8, 4) is 11.3 Å². The maximum absolute atomic E-state index is 12.3. The van der Waals surface area contributed by atoms with Gasteiger partial charge in [0.1, 0.15) is 0 Å². The Morgan fingerprint density at radius 2 is 1.90 bits per heavy atom. The van der Waals surface area contributed by atoms with Crippen molar-refractivity contribution in [1.29, 1.82) is 0 Å². The van der Waals surface area contributed by atoms with Gasteiger partial charge in [-0.15, -0.1) is 11.3 Å². The summed E-state index contributed by atoms with van der Waals surface area (Å²) in [4.78, 5) is 17.0. The van der Waals surface area contributed by atoms with Gasteiger partial charge in [-0.1, -0.05) is 55.1 Å². The molecule has 29 heavy (non-hydrogen) atoms. The number of halogens is 1. The molecule has 1 aliphatic rings. The van der Waals surface area contributed by atoms with Gasteiger partial charge in [-0.3, -0.25) is 0 Å². The molecule has 0 saturated heterocycles. The van der Waals surface area contributed by atoms with E-state index in [1.54, 1.807) is 0 Å². The molecule has 0 unspecified atom stereocenters. The number of hydrogen-bond acceptors (Lipinski definition) is 4. The number of nitrogens with one attached hydrogen (secondary N) is 3. The van der Waals surface area contributed by atoms with E-state index < -0.39 is 0 Å². The highest BCUT2D eigenvalue weighted by Crippen LogP contribution is 2.30. The van der Waals surface area contributed by atoms with Gasteiger partial charge in [0.25, 0.3) is 0 Å². The molecular weight excluding hydrogens is 404 g/mol. The summed E-state index contributed by atoms with van der Waals surface area (Å²) < 4.78 is 0. The Hall–Kier alpha value is -2.57. The largest absolute Gasteiger partial charge is 0.335 e. The van der Waals surface area contributed by atoms with Crippen molar-refractivity contribution < 1.29 is 4.79 Å². The van der Waals surface area contributed by atoms with Crippen LogP contribution < -0.4 is 16.0 Å². The Kier molecular flexibility index (Phi) is 6.32. The van der Waals surface area contributed by atoms with Crippen molar-refractivity contribution >= 4 is 45.5 Å². The average Bonchev–Trinajstić information content (AvgIpc) is 3.19. The Labute approximate surface area is 179 Å². The van der Waals surface area contributed by atoms with Gasteiger partial charge in [0.15, 0.2) is 5.13 Å². The standard InChI is InChI=1S/C22H23ClN4OS/c23-18-11-4-5-12-19(18)26-22-27-20(14-29-22)15-7-6-10-17(13-15)25-21(28)24-16-8-2-1-3-9-16/h4-7,10-14,16H,1-3,8-9H2,(H,26,27)(H2,24,25,28). The zero-order valence-corrected chi connectivity index (χ0v) is 17.5. The van der Waals surface area contributed by atoms with E-state index in [1.165, 1.54) is 30.6 Å². The Morgan fingerprint density at radius 1 is 1.07 bits per heavy atom. The molecule has 1 aromatic heterocycles. The lowest BCUT2D eigenvalue weighted by molar-refractivity contribution is 0.244. The molecule has 3 N–H and O–H groups in total. The molecule has 2 aromatic carbocycles. The number of carbonyl (C=O) groups excluding carboxylic acids is 1. The van der Waals surface area contributed by atoms with E-state index in [4.69, 9.17) is 11.6 Å². The molecule has 1 heterocycles. The van der Waals surface area contributed by atoms with Gasteiger partial charge in [0.2, 0.25) is 0 Å². The maximum Gasteiger partial charge on any atom is 0.319 e. The van der Waals surface area contributed by atoms with Crippen LogP contribution in [0.1, 0.15) is 32.1 Å². The van der Waals surface area contributed by atoms with Crippen LogP contribution in [0.25, 0.3) is 11.3 Å². The maximum atomic E-state index is 12.3. The molecule has 3 aromatic rings. The number of amides is 2. The normalized spacial score (nSPS) is 14.4. The van der Waals surface area contributed by atoms with Crippen LogP contribution in [0.4, 0.5) is 21.3 Å². The average molecular weight is 427 g/mol. The smallest absolute Gasteiger partial charge is 0.319 e. The predicted octanol–water partition coefficient (Wildman–Crippen LogP) is 6.66.